The zero-order chi connectivity index (χ0) is 16.9. The van der Waals surface area contributed by atoms with Gasteiger partial charge in [-0.3, -0.25) is 4.79 Å². The first-order valence-electron chi connectivity index (χ1n) is 7.38. The van der Waals surface area contributed by atoms with Gasteiger partial charge < -0.3 is 19.2 Å². The van der Waals surface area contributed by atoms with Crippen molar-refractivity contribution in [1.29, 1.82) is 0 Å². The molecule has 122 valence electrons. The van der Waals surface area contributed by atoms with E-state index in [-0.39, 0.29) is 5.91 Å². The fourth-order valence-corrected chi connectivity index (χ4v) is 2.36. The van der Waals surface area contributed by atoms with E-state index in [1.54, 1.807) is 50.8 Å². The van der Waals surface area contributed by atoms with Crippen LogP contribution >= 0.6 is 0 Å². The molecule has 0 bridgehead atoms. The van der Waals surface area contributed by atoms with Gasteiger partial charge in [-0.25, -0.2) is 0 Å². The van der Waals surface area contributed by atoms with E-state index in [0.717, 1.165) is 5.56 Å². The number of amides is 1. The average molecular weight is 323 g/mol. The Morgan fingerprint density at radius 2 is 1.88 bits per heavy atom. The van der Waals surface area contributed by atoms with Crippen LogP contribution in [0.1, 0.15) is 10.4 Å². The summed E-state index contributed by atoms with van der Waals surface area (Å²) in [6.07, 6.45) is 1.60. The van der Waals surface area contributed by atoms with Crippen molar-refractivity contribution in [2.75, 3.05) is 19.5 Å². The highest BCUT2D eigenvalue weighted by molar-refractivity contribution is 6.05. The number of carbonyl (C=O) groups is 1. The van der Waals surface area contributed by atoms with Crippen LogP contribution in [0.3, 0.4) is 0 Å². The van der Waals surface area contributed by atoms with Gasteiger partial charge in [0.15, 0.2) is 0 Å². The molecule has 0 saturated heterocycles. The minimum absolute atomic E-state index is 0.241. The molecule has 0 saturated carbocycles. The minimum atomic E-state index is -0.241. The molecule has 3 aromatic rings. The third-order valence-corrected chi connectivity index (χ3v) is 3.59. The number of anilines is 1. The van der Waals surface area contributed by atoms with Gasteiger partial charge in [0, 0.05) is 17.2 Å². The van der Waals surface area contributed by atoms with E-state index >= 15 is 0 Å². The van der Waals surface area contributed by atoms with Crippen LogP contribution in [0.2, 0.25) is 0 Å². The second-order valence-corrected chi connectivity index (χ2v) is 5.08. The van der Waals surface area contributed by atoms with Crippen LogP contribution in [-0.2, 0) is 0 Å². The molecule has 3 rings (SSSR count). The lowest BCUT2D eigenvalue weighted by atomic mass is 10.1. The Balaban J connectivity index is 1.87. The van der Waals surface area contributed by atoms with Crippen molar-refractivity contribution in [1.82, 2.24) is 0 Å². The van der Waals surface area contributed by atoms with Crippen molar-refractivity contribution in [2.24, 2.45) is 0 Å². The van der Waals surface area contributed by atoms with E-state index in [2.05, 4.69) is 5.32 Å². The quantitative estimate of drug-likeness (QED) is 0.764. The molecular weight excluding hydrogens is 306 g/mol. The second-order valence-electron chi connectivity index (χ2n) is 5.08. The minimum Gasteiger partial charge on any atom is -0.497 e. The fourth-order valence-electron chi connectivity index (χ4n) is 2.36. The molecule has 5 heteroatoms. The summed E-state index contributed by atoms with van der Waals surface area (Å²) in [4.78, 5) is 12.6. The van der Waals surface area contributed by atoms with Crippen molar-refractivity contribution in [3.8, 4) is 22.8 Å². The van der Waals surface area contributed by atoms with Crippen LogP contribution in [0.25, 0.3) is 11.3 Å². The van der Waals surface area contributed by atoms with E-state index in [1.807, 2.05) is 24.3 Å². The van der Waals surface area contributed by atoms with Gasteiger partial charge in [0.25, 0.3) is 5.91 Å². The number of benzene rings is 2. The summed E-state index contributed by atoms with van der Waals surface area (Å²) < 4.78 is 15.8. The summed E-state index contributed by atoms with van der Waals surface area (Å²) >= 11 is 0. The number of methoxy groups -OCH3 is 2. The Morgan fingerprint density at radius 1 is 1.00 bits per heavy atom. The number of rotatable bonds is 5. The van der Waals surface area contributed by atoms with Crippen molar-refractivity contribution >= 4 is 11.6 Å². The fraction of sp³-hybridized carbons (Fsp3) is 0.105. The third kappa shape index (κ3) is 3.25. The normalized spacial score (nSPS) is 10.2. The molecule has 1 heterocycles. The molecule has 0 radical (unpaired) electrons. The molecule has 0 atom stereocenters. The zero-order valence-corrected chi connectivity index (χ0v) is 13.4. The Bertz CT molecular complexity index is 840. The Kier molecular flexibility index (Phi) is 4.52. The number of ether oxygens (including phenoxy) is 2. The smallest absolute Gasteiger partial charge is 0.255 e. The molecule has 0 aliphatic rings. The summed E-state index contributed by atoms with van der Waals surface area (Å²) in [5.41, 5.74) is 1.91. The van der Waals surface area contributed by atoms with Gasteiger partial charge in [-0.1, -0.05) is 12.1 Å². The Hall–Kier alpha value is -3.21. The molecule has 0 unspecified atom stereocenters. The molecule has 0 spiro atoms. The number of hydrogen-bond acceptors (Lipinski definition) is 4. The standard InChI is InChI=1S/C19H17NO4/c1-22-15-8-9-18(23-2)16(12-15)20-19(21)14-6-3-5-13(11-14)17-7-4-10-24-17/h3-12H,1-2H3,(H,20,21). The van der Waals surface area contributed by atoms with Crippen molar-refractivity contribution in [2.45, 2.75) is 0 Å². The predicted octanol–water partition coefficient (Wildman–Crippen LogP) is 4.22. The van der Waals surface area contributed by atoms with Crippen LogP contribution in [-0.4, -0.2) is 20.1 Å². The molecule has 24 heavy (non-hydrogen) atoms. The lowest BCUT2D eigenvalue weighted by Gasteiger charge is -2.12. The molecule has 0 fully saturated rings. The van der Waals surface area contributed by atoms with Gasteiger partial charge in [-0.2, -0.15) is 0 Å². The molecule has 1 amide bonds. The monoisotopic (exact) mass is 323 g/mol. The zero-order valence-electron chi connectivity index (χ0n) is 13.4. The highest BCUT2D eigenvalue weighted by Gasteiger charge is 2.12. The molecule has 5 nitrogen and oxygen atoms in total. The molecule has 1 N–H and O–H groups in total. The maximum atomic E-state index is 12.6. The van der Waals surface area contributed by atoms with Crippen LogP contribution in [0.5, 0.6) is 11.5 Å². The SMILES string of the molecule is COc1ccc(OC)c(NC(=O)c2cccc(-c3ccco3)c2)c1. The molecule has 0 aliphatic carbocycles. The summed E-state index contributed by atoms with van der Waals surface area (Å²) in [6, 6.07) is 16.1. The number of carbonyl (C=O) groups excluding carboxylic acids is 1. The largest absolute Gasteiger partial charge is 0.497 e. The topological polar surface area (TPSA) is 60.7 Å². The predicted molar refractivity (Wildman–Crippen MR) is 91.6 cm³/mol. The van der Waals surface area contributed by atoms with E-state index < -0.39 is 0 Å². The van der Waals surface area contributed by atoms with E-state index in [9.17, 15) is 4.79 Å². The van der Waals surface area contributed by atoms with Gasteiger partial charge in [0.05, 0.1) is 26.2 Å². The van der Waals surface area contributed by atoms with Gasteiger partial charge in [-0.15, -0.1) is 0 Å². The molecule has 2 aromatic carbocycles. The van der Waals surface area contributed by atoms with Crippen LogP contribution in [0.4, 0.5) is 5.69 Å². The third-order valence-electron chi connectivity index (χ3n) is 3.59. The van der Waals surface area contributed by atoms with Gasteiger partial charge in [0.1, 0.15) is 17.3 Å². The highest BCUT2D eigenvalue weighted by Crippen LogP contribution is 2.29. The highest BCUT2D eigenvalue weighted by atomic mass is 16.5. The van der Waals surface area contributed by atoms with Gasteiger partial charge >= 0.3 is 0 Å². The van der Waals surface area contributed by atoms with Crippen LogP contribution < -0.4 is 14.8 Å². The van der Waals surface area contributed by atoms with Crippen molar-refractivity contribution in [3.05, 3.63) is 66.4 Å². The lowest BCUT2D eigenvalue weighted by Crippen LogP contribution is -2.12. The Labute approximate surface area is 139 Å². The maximum Gasteiger partial charge on any atom is 0.255 e. The number of furan rings is 1. The van der Waals surface area contributed by atoms with Gasteiger partial charge in [-0.05, 0) is 36.4 Å². The summed E-state index contributed by atoms with van der Waals surface area (Å²) in [6.45, 7) is 0. The Morgan fingerprint density at radius 3 is 2.58 bits per heavy atom. The lowest BCUT2D eigenvalue weighted by molar-refractivity contribution is 0.102. The average Bonchev–Trinajstić information content (AvgIpc) is 3.16. The van der Waals surface area contributed by atoms with E-state index in [1.165, 1.54) is 0 Å². The first-order chi connectivity index (χ1) is 11.7. The van der Waals surface area contributed by atoms with Gasteiger partial charge in [0.2, 0.25) is 0 Å². The number of hydrogen-bond donors (Lipinski definition) is 1. The first-order valence-corrected chi connectivity index (χ1v) is 7.38. The van der Waals surface area contributed by atoms with Crippen molar-refractivity contribution in [3.63, 3.8) is 0 Å². The van der Waals surface area contributed by atoms with E-state index in [0.29, 0.717) is 28.5 Å². The molecular formula is C19H17NO4. The molecule has 1 aromatic heterocycles. The first kappa shape index (κ1) is 15.7. The summed E-state index contributed by atoms with van der Waals surface area (Å²) in [7, 11) is 3.12. The summed E-state index contributed by atoms with van der Waals surface area (Å²) in [5, 5.41) is 2.85. The summed E-state index contributed by atoms with van der Waals surface area (Å²) in [5.74, 6) is 1.67. The number of nitrogens with one attached hydrogen (secondary N) is 1. The van der Waals surface area contributed by atoms with Crippen molar-refractivity contribution < 1.29 is 18.7 Å². The molecule has 0 aliphatic heterocycles. The van der Waals surface area contributed by atoms with E-state index in [4.69, 9.17) is 13.9 Å². The van der Waals surface area contributed by atoms with Crippen LogP contribution in [0, 0.1) is 0 Å². The maximum absolute atomic E-state index is 12.6. The van der Waals surface area contributed by atoms with Crippen LogP contribution in [0.15, 0.2) is 65.3 Å². The second kappa shape index (κ2) is 6.91.